The minimum Gasteiger partial charge on any atom is -0.295 e. The highest BCUT2D eigenvalue weighted by molar-refractivity contribution is 7.90. The van der Waals surface area contributed by atoms with E-state index >= 15 is 0 Å². The van der Waals surface area contributed by atoms with Gasteiger partial charge in [0.15, 0.2) is 15.6 Å². The number of rotatable bonds is 2. The number of benzene rings is 1. The summed E-state index contributed by atoms with van der Waals surface area (Å²) in [6.45, 7) is 1.24. The first-order valence-electron chi connectivity index (χ1n) is 3.93. The third-order valence-corrected chi connectivity index (χ3v) is 3.34. The largest absolute Gasteiger partial charge is 0.295 e. The van der Waals surface area contributed by atoms with Crippen LogP contribution in [-0.2, 0) is 9.84 Å². The molecule has 0 N–H and O–H groups in total. The summed E-state index contributed by atoms with van der Waals surface area (Å²) in [5.41, 5.74) is 0.0462. The standard InChI is InChI=1S/C9H8ClFO3S/c1-5(12)6-3-7(10)9(8(11)4-6)15(2,13)14/h3-4H,1-2H3. The molecule has 0 amide bonds. The number of hydrogen-bond acceptors (Lipinski definition) is 3. The van der Waals surface area contributed by atoms with Gasteiger partial charge >= 0.3 is 0 Å². The van der Waals surface area contributed by atoms with Gasteiger partial charge < -0.3 is 0 Å². The third-order valence-electron chi connectivity index (χ3n) is 1.78. The van der Waals surface area contributed by atoms with Crippen molar-refractivity contribution in [2.75, 3.05) is 6.26 Å². The summed E-state index contributed by atoms with van der Waals surface area (Å²) in [5.74, 6) is -1.38. The van der Waals surface area contributed by atoms with Crippen LogP contribution in [0.25, 0.3) is 0 Å². The summed E-state index contributed by atoms with van der Waals surface area (Å²) >= 11 is 5.59. The molecule has 0 radical (unpaired) electrons. The molecule has 0 aromatic heterocycles. The van der Waals surface area contributed by atoms with Crippen molar-refractivity contribution >= 4 is 27.2 Å². The number of hydrogen-bond donors (Lipinski definition) is 0. The lowest BCUT2D eigenvalue weighted by molar-refractivity contribution is 0.101. The minimum absolute atomic E-state index is 0.0462. The molecule has 1 aromatic rings. The zero-order valence-corrected chi connectivity index (χ0v) is 9.62. The first-order chi connectivity index (χ1) is 6.73. The van der Waals surface area contributed by atoms with E-state index in [-0.39, 0.29) is 16.4 Å². The van der Waals surface area contributed by atoms with Gasteiger partial charge in [-0.1, -0.05) is 11.6 Å². The summed E-state index contributed by atoms with van der Waals surface area (Å²) in [7, 11) is -3.72. The molecule has 0 spiro atoms. The fourth-order valence-corrected chi connectivity index (χ4v) is 2.57. The Bertz CT molecular complexity index is 499. The summed E-state index contributed by atoms with van der Waals surface area (Å²) in [6, 6.07) is 2.01. The van der Waals surface area contributed by atoms with Crippen molar-refractivity contribution < 1.29 is 17.6 Å². The number of carbonyl (C=O) groups excluding carboxylic acids is 1. The fourth-order valence-electron chi connectivity index (χ4n) is 1.12. The van der Waals surface area contributed by atoms with Crippen molar-refractivity contribution in [1.82, 2.24) is 0 Å². The van der Waals surface area contributed by atoms with Gasteiger partial charge in [0.1, 0.15) is 10.7 Å². The zero-order valence-electron chi connectivity index (χ0n) is 8.04. The number of ketones is 1. The van der Waals surface area contributed by atoms with Crippen LogP contribution in [0.3, 0.4) is 0 Å². The van der Waals surface area contributed by atoms with Gasteiger partial charge in [-0.3, -0.25) is 4.79 Å². The Hall–Kier alpha value is -0.940. The molecule has 1 rings (SSSR count). The molecular weight excluding hydrogens is 243 g/mol. The molecule has 0 fully saturated rings. The smallest absolute Gasteiger partial charge is 0.179 e. The highest BCUT2D eigenvalue weighted by atomic mass is 35.5. The van der Waals surface area contributed by atoms with Crippen molar-refractivity contribution in [2.24, 2.45) is 0 Å². The maximum absolute atomic E-state index is 13.4. The van der Waals surface area contributed by atoms with E-state index in [1.807, 2.05) is 0 Å². The summed E-state index contributed by atoms with van der Waals surface area (Å²) in [5, 5.41) is -0.275. The molecule has 1 aromatic carbocycles. The molecule has 6 heteroatoms. The molecule has 0 heterocycles. The molecule has 0 unspecified atom stereocenters. The van der Waals surface area contributed by atoms with E-state index in [9.17, 15) is 17.6 Å². The first-order valence-corrected chi connectivity index (χ1v) is 6.20. The predicted molar refractivity (Wildman–Crippen MR) is 54.5 cm³/mol. The molecule has 82 valence electrons. The van der Waals surface area contributed by atoms with E-state index < -0.39 is 20.5 Å². The van der Waals surface area contributed by atoms with Gasteiger partial charge in [-0.15, -0.1) is 0 Å². The average molecular weight is 251 g/mol. The maximum Gasteiger partial charge on any atom is 0.179 e. The van der Waals surface area contributed by atoms with Crippen molar-refractivity contribution in [1.29, 1.82) is 0 Å². The van der Waals surface area contributed by atoms with Gasteiger partial charge in [-0.05, 0) is 19.1 Å². The second kappa shape index (κ2) is 3.90. The van der Waals surface area contributed by atoms with Crippen LogP contribution in [0.5, 0.6) is 0 Å². The lowest BCUT2D eigenvalue weighted by atomic mass is 10.1. The molecule has 0 aliphatic rings. The third kappa shape index (κ3) is 2.54. The van der Waals surface area contributed by atoms with Crippen LogP contribution in [-0.4, -0.2) is 20.5 Å². The van der Waals surface area contributed by atoms with E-state index in [0.717, 1.165) is 18.4 Å². The van der Waals surface area contributed by atoms with E-state index in [4.69, 9.17) is 11.6 Å². The van der Waals surface area contributed by atoms with Crippen molar-refractivity contribution in [3.05, 3.63) is 28.5 Å². The van der Waals surface area contributed by atoms with Crippen LogP contribution < -0.4 is 0 Å². The van der Waals surface area contributed by atoms with Crippen molar-refractivity contribution in [3.63, 3.8) is 0 Å². The van der Waals surface area contributed by atoms with Crippen LogP contribution in [0.2, 0.25) is 5.02 Å². The normalized spacial score (nSPS) is 11.5. The van der Waals surface area contributed by atoms with Gasteiger partial charge in [0.05, 0.1) is 5.02 Å². The first kappa shape index (κ1) is 12.1. The van der Waals surface area contributed by atoms with E-state index in [1.54, 1.807) is 0 Å². The topological polar surface area (TPSA) is 51.2 Å². The quantitative estimate of drug-likeness (QED) is 0.755. The minimum atomic E-state index is -3.72. The Morgan fingerprint density at radius 1 is 1.40 bits per heavy atom. The van der Waals surface area contributed by atoms with Crippen molar-refractivity contribution in [3.8, 4) is 0 Å². The molecule has 0 saturated carbocycles. The number of carbonyl (C=O) groups is 1. The van der Waals surface area contributed by atoms with Crippen molar-refractivity contribution in [2.45, 2.75) is 11.8 Å². The molecule has 15 heavy (non-hydrogen) atoms. The monoisotopic (exact) mass is 250 g/mol. The van der Waals surface area contributed by atoms with Gasteiger partial charge in [0.2, 0.25) is 0 Å². The van der Waals surface area contributed by atoms with E-state index in [2.05, 4.69) is 0 Å². The fraction of sp³-hybridized carbons (Fsp3) is 0.222. The van der Waals surface area contributed by atoms with E-state index in [0.29, 0.717) is 0 Å². The Morgan fingerprint density at radius 2 is 1.93 bits per heavy atom. The molecule has 0 atom stereocenters. The van der Waals surface area contributed by atoms with Crippen LogP contribution in [0.15, 0.2) is 17.0 Å². The van der Waals surface area contributed by atoms with Crippen LogP contribution in [0, 0.1) is 5.82 Å². The molecule has 3 nitrogen and oxygen atoms in total. The van der Waals surface area contributed by atoms with Gasteiger partial charge in [0.25, 0.3) is 0 Å². The Labute approximate surface area is 91.8 Å². The van der Waals surface area contributed by atoms with Gasteiger partial charge in [-0.25, -0.2) is 12.8 Å². The van der Waals surface area contributed by atoms with Crippen LogP contribution >= 0.6 is 11.6 Å². The Kier molecular flexibility index (Phi) is 3.16. The molecule has 0 bridgehead atoms. The lowest BCUT2D eigenvalue weighted by Gasteiger charge is -2.05. The number of Topliss-reactive ketones (excluding diaryl/α,β-unsaturated/α-hetero) is 1. The maximum atomic E-state index is 13.4. The highest BCUT2D eigenvalue weighted by Crippen LogP contribution is 2.26. The Morgan fingerprint density at radius 3 is 2.27 bits per heavy atom. The highest BCUT2D eigenvalue weighted by Gasteiger charge is 2.19. The van der Waals surface area contributed by atoms with E-state index in [1.165, 1.54) is 6.92 Å². The summed E-state index contributed by atoms with van der Waals surface area (Å²) in [6.07, 6.45) is 0.852. The molecule has 0 saturated heterocycles. The predicted octanol–water partition coefficient (Wildman–Crippen LogP) is 2.09. The lowest BCUT2D eigenvalue weighted by Crippen LogP contribution is -2.04. The van der Waals surface area contributed by atoms with Gasteiger partial charge in [-0.2, -0.15) is 0 Å². The van der Waals surface area contributed by atoms with Crippen LogP contribution in [0.1, 0.15) is 17.3 Å². The summed E-state index contributed by atoms with van der Waals surface area (Å²) in [4.78, 5) is 10.4. The Balaban J connectivity index is 3.55. The second-order valence-corrected chi connectivity index (χ2v) is 5.46. The zero-order chi connectivity index (χ0) is 11.8. The SMILES string of the molecule is CC(=O)c1cc(F)c(S(C)(=O)=O)c(Cl)c1. The molecule has 0 aliphatic carbocycles. The van der Waals surface area contributed by atoms with Gasteiger partial charge in [0, 0.05) is 11.8 Å². The second-order valence-electron chi connectivity index (χ2n) is 3.10. The summed E-state index contributed by atoms with van der Waals surface area (Å²) < 4.78 is 35.6. The number of halogens is 2. The number of sulfone groups is 1. The average Bonchev–Trinajstić information content (AvgIpc) is 1.99. The van der Waals surface area contributed by atoms with Crippen LogP contribution in [0.4, 0.5) is 4.39 Å². The molecule has 0 aliphatic heterocycles. The molecular formula is C9H8ClFO3S.